The number of hydrogen-bond acceptors (Lipinski definition) is 2. The number of hydrogen-bond donors (Lipinski definition) is 0. The molecule has 1 radical (unpaired) electrons. The van der Waals surface area contributed by atoms with E-state index in [2.05, 4.69) is 6.92 Å². The molecule has 0 aliphatic carbocycles. The fourth-order valence-corrected chi connectivity index (χ4v) is 0.818. The Kier molecular flexibility index (Phi) is 10.8. The van der Waals surface area contributed by atoms with Crippen molar-refractivity contribution in [2.45, 2.75) is 39.5 Å². The molecule has 2 nitrogen and oxygen atoms in total. The molecule has 0 aliphatic heterocycles. The Morgan fingerprint density at radius 2 is 1.83 bits per heavy atom. The molecule has 0 aromatic carbocycles. The minimum Gasteiger partial charge on any atom is -0.381 e. The monoisotopic (exact) mass is 173 g/mol. The standard InChI is InChI=1S/C10H21O2/c1-3-5-8-12-10-7-6-9-11-4-2/h9H,3-8,10H2,1-2H3. The van der Waals surface area contributed by atoms with Crippen LogP contribution in [0.1, 0.15) is 39.5 Å². The zero-order valence-electron chi connectivity index (χ0n) is 8.34. The number of unbranched alkanes of at least 4 members (excludes halogenated alkanes) is 2. The van der Waals surface area contributed by atoms with Crippen LogP contribution in [-0.4, -0.2) is 19.8 Å². The van der Waals surface area contributed by atoms with Crippen LogP contribution in [0.2, 0.25) is 0 Å². The molecule has 0 aromatic rings. The van der Waals surface area contributed by atoms with Crippen LogP contribution in [-0.2, 0) is 9.47 Å². The van der Waals surface area contributed by atoms with Gasteiger partial charge < -0.3 is 9.47 Å². The highest BCUT2D eigenvalue weighted by molar-refractivity contribution is 4.49. The summed E-state index contributed by atoms with van der Waals surface area (Å²) >= 11 is 0. The van der Waals surface area contributed by atoms with Gasteiger partial charge in [0.15, 0.2) is 0 Å². The summed E-state index contributed by atoms with van der Waals surface area (Å²) in [7, 11) is 0. The van der Waals surface area contributed by atoms with Gasteiger partial charge in [-0.25, -0.2) is 0 Å². The lowest BCUT2D eigenvalue weighted by atomic mass is 10.3. The minimum absolute atomic E-state index is 0.774. The van der Waals surface area contributed by atoms with Crippen LogP contribution in [0.3, 0.4) is 0 Å². The van der Waals surface area contributed by atoms with Crippen molar-refractivity contribution in [3.8, 4) is 0 Å². The molecule has 73 valence electrons. The van der Waals surface area contributed by atoms with E-state index in [9.17, 15) is 0 Å². The van der Waals surface area contributed by atoms with Gasteiger partial charge in [-0.15, -0.1) is 0 Å². The third-order valence-electron chi connectivity index (χ3n) is 1.54. The van der Waals surface area contributed by atoms with Crippen LogP contribution >= 0.6 is 0 Å². The van der Waals surface area contributed by atoms with Gasteiger partial charge in [-0.05, 0) is 26.2 Å². The van der Waals surface area contributed by atoms with E-state index in [1.54, 1.807) is 0 Å². The van der Waals surface area contributed by atoms with E-state index >= 15 is 0 Å². The van der Waals surface area contributed by atoms with Crippen LogP contribution in [0, 0.1) is 6.61 Å². The van der Waals surface area contributed by atoms with Crippen LogP contribution in [0.4, 0.5) is 0 Å². The maximum Gasteiger partial charge on any atom is 0.0837 e. The van der Waals surface area contributed by atoms with Gasteiger partial charge in [-0.1, -0.05) is 13.3 Å². The van der Waals surface area contributed by atoms with Gasteiger partial charge in [-0.3, -0.25) is 0 Å². The second-order valence-electron chi connectivity index (χ2n) is 2.73. The maximum absolute atomic E-state index is 5.38. The SMILES string of the molecule is CCCCOCCC[CH]OCC. The molecular formula is C10H21O2. The number of ether oxygens (including phenoxy) is 2. The summed E-state index contributed by atoms with van der Waals surface area (Å²) in [6, 6.07) is 0. The van der Waals surface area contributed by atoms with E-state index in [1.807, 2.05) is 13.5 Å². The Morgan fingerprint density at radius 3 is 2.50 bits per heavy atom. The summed E-state index contributed by atoms with van der Waals surface area (Å²) in [5.41, 5.74) is 0. The van der Waals surface area contributed by atoms with Crippen molar-refractivity contribution in [1.82, 2.24) is 0 Å². The molecule has 2 heteroatoms. The topological polar surface area (TPSA) is 18.5 Å². The molecule has 0 bridgehead atoms. The first kappa shape index (κ1) is 11.9. The van der Waals surface area contributed by atoms with Crippen molar-refractivity contribution in [2.75, 3.05) is 19.8 Å². The van der Waals surface area contributed by atoms with Gasteiger partial charge in [0, 0.05) is 19.8 Å². The van der Waals surface area contributed by atoms with Gasteiger partial charge in [0.05, 0.1) is 6.61 Å². The highest BCUT2D eigenvalue weighted by Crippen LogP contribution is 1.96. The van der Waals surface area contributed by atoms with E-state index in [0.29, 0.717) is 0 Å². The van der Waals surface area contributed by atoms with E-state index in [-0.39, 0.29) is 0 Å². The van der Waals surface area contributed by atoms with Crippen LogP contribution < -0.4 is 0 Å². The summed E-state index contributed by atoms with van der Waals surface area (Å²) in [5, 5.41) is 0. The normalized spacial score (nSPS) is 10.5. The lowest BCUT2D eigenvalue weighted by molar-refractivity contribution is 0.122. The highest BCUT2D eigenvalue weighted by Gasteiger charge is 1.89. The Bertz CT molecular complexity index is 64.2. The summed E-state index contributed by atoms with van der Waals surface area (Å²) in [6.07, 6.45) is 4.46. The summed E-state index contributed by atoms with van der Waals surface area (Å²) in [6.45, 7) is 8.58. The van der Waals surface area contributed by atoms with Crippen LogP contribution in [0.5, 0.6) is 0 Å². The van der Waals surface area contributed by atoms with Gasteiger partial charge in [-0.2, -0.15) is 0 Å². The van der Waals surface area contributed by atoms with Crippen molar-refractivity contribution in [3.05, 3.63) is 6.61 Å². The van der Waals surface area contributed by atoms with E-state index in [0.717, 1.165) is 32.7 Å². The predicted octanol–water partition coefficient (Wildman–Crippen LogP) is 2.78. The van der Waals surface area contributed by atoms with Crippen molar-refractivity contribution >= 4 is 0 Å². The Hall–Kier alpha value is -0.0800. The predicted molar refractivity (Wildman–Crippen MR) is 50.9 cm³/mol. The lowest BCUT2D eigenvalue weighted by Gasteiger charge is -2.02. The zero-order chi connectivity index (χ0) is 9.07. The smallest absolute Gasteiger partial charge is 0.0837 e. The van der Waals surface area contributed by atoms with Crippen LogP contribution in [0.15, 0.2) is 0 Å². The Labute approximate surface area is 76.3 Å². The minimum atomic E-state index is 0.774. The molecule has 0 saturated carbocycles. The fourth-order valence-electron chi connectivity index (χ4n) is 0.818. The average molecular weight is 173 g/mol. The molecule has 0 amide bonds. The molecule has 0 heterocycles. The third-order valence-corrected chi connectivity index (χ3v) is 1.54. The van der Waals surface area contributed by atoms with Crippen LogP contribution in [0.25, 0.3) is 0 Å². The third kappa shape index (κ3) is 9.92. The van der Waals surface area contributed by atoms with Gasteiger partial charge in [0.2, 0.25) is 0 Å². The Morgan fingerprint density at radius 1 is 1.08 bits per heavy atom. The van der Waals surface area contributed by atoms with E-state index in [1.165, 1.54) is 12.8 Å². The molecule has 0 spiro atoms. The quantitative estimate of drug-likeness (QED) is 0.499. The molecule has 0 N–H and O–H groups in total. The summed E-state index contributed by atoms with van der Waals surface area (Å²) in [5.74, 6) is 0. The van der Waals surface area contributed by atoms with Crippen molar-refractivity contribution < 1.29 is 9.47 Å². The van der Waals surface area contributed by atoms with Crippen molar-refractivity contribution in [2.24, 2.45) is 0 Å². The molecule has 0 aliphatic rings. The highest BCUT2D eigenvalue weighted by atomic mass is 16.5. The second kappa shape index (κ2) is 10.9. The molecule has 0 aromatic heterocycles. The van der Waals surface area contributed by atoms with Crippen molar-refractivity contribution in [1.29, 1.82) is 0 Å². The zero-order valence-corrected chi connectivity index (χ0v) is 8.34. The van der Waals surface area contributed by atoms with E-state index in [4.69, 9.17) is 9.47 Å². The average Bonchev–Trinajstić information content (AvgIpc) is 2.10. The molecule has 0 saturated heterocycles. The van der Waals surface area contributed by atoms with Gasteiger partial charge in [0.1, 0.15) is 0 Å². The largest absolute Gasteiger partial charge is 0.381 e. The molecule has 0 rings (SSSR count). The first-order valence-electron chi connectivity index (χ1n) is 4.92. The molecule has 12 heavy (non-hydrogen) atoms. The number of rotatable bonds is 9. The van der Waals surface area contributed by atoms with E-state index < -0.39 is 0 Å². The first-order chi connectivity index (χ1) is 5.91. The lowest BCUT2D eigenvalue weighted by Crippen LogP contribution is -1.97. The fraction of sp³-hybridized carbons (Fsp3) is 0.900. The molecule has 0 fully saturated rings. The second-order valence-corrected chi connectivity index (χ2v) is 2.73. The maximum atomic E-state index is 5.38. The van der Waals surface area contributed by atoms with Gasteiger partial charge >= 0.3 is 0 Å². The first-order valence-corrected chi connectivity index (χ1v) is 4.92. The van der Waals surface area contributed by atoms with Gasteiger partial charge in [0.25, 0.3) is 0 Å². The summed E-state index contributed by atoms with van der Waals surface area (Å²) in [4.78, 5) is 0. The Balaban J connectivity index is 2.73. The molecule has 0 atom stereocenters. The van der Waals surface area contributed by atoms with Crippen molar-refractivity contribution in [3.63, 3.8) is 0 Å². The molecular weight excluding hydrogens is 152 g/mol. The summed E-state index contributed by atoms with van der Waals surface area (Å²) < 4.78 is 10.5. The molecule has 0 unspecified atom stereocenters.